The molecule has 1 aromatic carbocycles. The standard InChI is InChI=1S/C21H30N2O2/c1-15-5-6-19(16(2)12-15)21(25)18-7-10-23(11-8-18)20(24)13-17-4-3-9-22-14-17/h5-6,12,17-18,22H,3-4,7-11,13-14H2,1-2H3/t17-/m0/s1. The summed E-state index contributed by atoms with van der Waals surface area (Å²) in [5.41, 5.74) is 3.10. The van der Waals surface area contributed by atoms with E-state index in [2.05, 4.69) is 11.4 Å². The van der Waals surface area contributed by atoms with E-state index in [0.29, 0.717) is 12.3 Å². The fourth-order valence-corrected chi connectivity index (χ4v) is 4.18. The van der Waals surface area contributed by atoms with E-state index in [1.807, 2.05) is 30.9 Å². The van der Waals surface area contributed by atoms with Crippen molar-refractivity contribution in [1.82, 2.24) is 10.2 Å². The Kier molecular flexibility index (Phi) is 5.89. The van der Waals surface area contributed by atoms with Gasteiger partial charge in [-0.25, -0.2) is 0 Å². The highest BCUT2D eigenvalue weighted by Crippen LogP contribution is 2.25. The van der Waals surface area contributed by atoms with Gasteiger partial charge in [-0.2, -0.15) is 0 Å². The van der Waals surface area contributed by atoms with Gasteiger partial charge in [-0.3, -0.25) is 9.59 Å². The second-order valence-electron chi connectivity index (χ2n) is 7.75. The molecule has 0 aliphatic carbocycles. The van der Waals surface area contributed by atoms with Gasteiger partial charge in [0, 0.05) is 31.0 Å². The van der Waals surface area contributed by atoms with Gasteiger partial charge in [0.15, 0.2) is 5.78 Å². The number of amides is 1. The Hall–Kier alpha value is -1.68. The maximum Gasteiger partial charge on any atom is 0.222 e. The van der Waals surface area contributed by atoms with Gasteiger partial charge in [0.1, 0.15) is 0 Å². The van der Waals surface area contributed by atoms with Crippen LogP contribution in [0.25, 0.3) is 0 Å². The van der Waals surface area contributed by atoms with Crippen LogP contribution in [-0.2, 0) is 4.79 Å². The number of ketones is 1. The lowest BCUT2D eigenvalue weighted by Crippen LogP contribution is -2.42. The number of hydrogen-bond donors (Lipinski definition) is 1. The van der Waals surface area contributed by atoms with Gasteiger partial charge >= 0.3 is 0 Å². The number of piperidine rings is 2. The SMILES string of the molecule is Cc1ccc(C(=O)C2CCN(C(=O)C[C@@H]3CCCNC3)CC2)c(C)c1. The summed E-state index contributed by atoms with van der Waals surface area (Å²) in [5, 5.41) is 3.38. The van der Waals surface area contributed by atoms with Crippen LogP contribution in [0.1, 0.15) is 53.6 Å². The summed E-state index contributed by atoms with van der Waals surface area (Å²) in [6.45, 7) is 7.55. The summed E-state index contributed by atoms with van der Waals surface area (Å²) in [4.78, 5) is 27.3. The summed E-state index contributed by atoms with van der Waals surface area (Å²) in [7, 11) is 0. The van der Waals surface area contributed by atoms with E-state index in [1.165, 1.54) is 12.0 Å². The van der Waals surface area contributed by atoms with Crippen LogP contribution in [-0.4, -0.2) is 42.8 Å². The average Bonchev–Trinajstić information content (AvgIpc) is 2.62. The van der Waals surface area contributed by atoms with Crippen molar-refractivity contribution in [3.8, 4) is 0 Å². The second-order valence-corrected chi connectivity index (χ2v) is 7.75. The van der Waals surface area contributed by atoms with Crippen LogP contribution in [0.15, 0.2) is 18.2 Å². The first-order chi connectivity index (χ1) is 12.0. The summed E-state index contributed by atoms with van der Waals surface area (Å²) in [6, 6.07) is 6.04. The molecule has 1 aromatic rings. The average molecular weight is 342 g/mol. The zero-order valence-corrected chi connectivity index (χ0v) is 15.5. The zero-order valence-electron chi connectivity index (χ0n) is 15.5. The Morgan fingerprint density at radius 1 is 1.16 bits per heavy atom. The van der Waals surface area contributed by atoms with Gasteiger partial charge in [0.2, 0.25) is 5.91 Å². The molecule has 4 nitrogen and oxygen atoms in total. The Morgan fingerprint density at radius 2 is 1.92 bits per heavy atom. The highest BCUT2D eigenvalue weighted by Gasteiger charge is 2.29. The van der Waals surface area contributed by atoms with Crippen LogP contribution < -0.4 is 5.32 Å². The van der Waals surface area contributed by atoms with Crippen molar-refractivity contribution in [2.45, 2.75) is 46.0 Å². The number of nitrogens with one attached hydrogen (secondary N) is 1. The Morgan fingerprint density at radius 3 is 2.56 bits per heavy atom. The molecule has 0 unspecified atom stereocenters. The molecule has 0 saturated carbocycles. The van der Waals surface area contributed by atoms with Crippen LogP contribution in [0.5, 0.6) is 0 Å². The van der Waals surface area contributed by atoms with Crippen molar-refractivity contribution >= 4 is 11.7 Å². The van der Waals surface area contributed by atoms with Crippen LogP contribution in [0.2, 0.25) is 0 Å². The van der Waals surface area contributed by atoms with Crippen molar-refractivity contribution in [1.29, 1.82) is 0 Å². The van der Waals surface area contributed by atoms with Gasteiger partial charge in [-0.05, 0) is 64.1 Å². The number of carbonyl (C=O) groups excluding carboxylic acids is 2. The van der Waals surface area contributed by atoms with Gasteiger partial charge in [0.25, 0.3) is 0 Å². The molecule has 2 aliphatic heterocycles. The molecule has 3 rings (SSSR count). The number of aryl methyl sites for hydroxylation is 2. The van der Waals surface area contributed by atoms with Crippen LogP contribution >= 0.6 is 0 Å². The molecule has 0 radical (unpaired) electrons. The first-order valence-electron chi connectivity index (χ1n) is 9.64. The highest BCUT2D eigenvalue weighted by atomic mass is 16.2. The van der Waals surface area contributed by atoms with Crippen molar-refractivity contribution in [3.05, 3.63) is 34.9 Å². The third-order valence-electron chi connectivity index (χ3n) is 5.73. The maximum atomic E-state index is 12.8. The molecule has 136 valence electrons. The minimum absolute atomic E-state index is 0.0572. The van der Waals surface area contributed by atoms with E-state index in [9.17, 15) is 9.59 Å². The summed E-state index contributed by atoms with van der Waals surface area (Å²) < 4.78 is 0. The fraction of sp³-hybridized carbons (Fsp3) is 0.619. The summed E-state index contributed by atoms with van der Waals surface area (Å²) in [5.74, 6) is 1.06. The van der Waals surface area contributed by atoms with E-state index in [0.717, 1.165) is 56.6 Å². The predicted molar refractivity (Wildman–Crippen MR) is 99.8 cm³/mol. The van der Waals surface area contributed by atoms with E-state index >= 15 is 0 Å². The van der Waals surface area contributed by atoms with Crippen LogP contribution in [0.4, 0.5) is 0 Å². The third kappa shape index (κ3) is 4.49. The third-order valence-corrected chi connectivity index (χ3v) is 5.73. The van der Waals surface area contributed by atoms with E-state index in [1.54, 1.807) is 0 Å². The normalized spacial score (nSPS) is 22.0. The Labute approximate surface area is 151 Å². The molecule has 0 aromatic heterocycles. The van der Waals surface area contributed by atoms with E-state index in [-0.39, 0.29) is 17.6 Å². The molecule has 2 heterocycles. The minimum atomic E-state index is 0.0572. The Balaban J connectivity index is 1.52. The van der Waals surface area contributed by atoms with E-state index in [4.69, 9.17) is 0 Å². The lowest BCUT2D eigenvalue weighted by atomic mass is 9.86. The lowest BCUT2D eigenvalue weighted by Gasteiger charge is -2.33. The summed E-state index contributed by atoms with van der Waals surface area (Å²) >= 11 is 0. The van der Waals surface area contributed by atoms with Crippen molar-refractivity contribution < 1.29 is 9.59 Å². The molecule has 2 fully saturated rings. The van der Waals surface area contributed by atoms with Crippen molar-refractivity contribution in [2.75, 3.05) is 26.2 Å². The Bertz CT molecular complexity index is 627. The number of Topliss-reactive ketones (excluding diaryl/α,β-unsaturated/α-hetero) is 1. The molecule has 1 N–H and O–H groups in total. The molecule has 2 aliphatic rings. The highest BCUT2D eigenvalue weighted by molar-refractivity contribution is 5.99. The topological polar surface area (TPSA) is 49.4 Å². The van der Waals surface area contributed by atoms with Crippen LogP contribution in [0, 0.1) is 25.7 Å². The quantitative estimate of drug-likeness (QED) is 0.856. The molecule has 1 atom stereocenters. The van der Waals surface area contributed by atoms with Gasteiger partial charge < -0.3 is 10.2 Å². The molecule has 0 spiro atoms. The number of rotatable bonds is 4. The predicted octanol–water partition coefficient (Wildman–Crippen LogP) is 3.11. The molecule has 1 amide bonds. The fourth-order valence-electron chi connectivity index (χ4n) is 4.18. The smallest absolute Gasteiger partial charge is 0.222 e. The number of benzene rings is 1. The molecule has 2 saturated heterocycles. The summed E-state index contributed by atoms with van der Waals surface area (Å²) in [6.07, 6.45) is 4.56. The first-order valence-corrected chi connectivity index (χ1v) is 9.64. The number of nitrogens with zero attached hydrogens (tertiary/aromatic N) is 1. The van der Waals surface area contributed by atoms with E-state index < -0.39 is 0 Å². The van der Waals surface area contributed by atoms with Gasteiger partial charge in [-0.15, -0.1) is 0 Å². The van der Waals surface area contributed by atoms with Gasteiger partial charge in [0.05, 0.1) is 0 Å². The number of likely N-dealkylation sites (tertiary alicyclic amines) is 1. The van der Waals surface area contributed by atoms with Crippen molar-refractivity contribution in [3.63, 3.8) is 0 Å². The largest absolute Gasteiger partial charge is 0.343 e. The first kappa shape index (κ1) is 18.1. The molecule has 0 bridgehead atoms. The number of carbonyl (C=O) groups is 2. The zero-order chi connectivity index (χ0) is 17.8. The lowest BCUT2D eigenvalue weighted by molar-refractivity contribution is -0.133. The van der Waals surface area contributed by atoms with Crippen molar-refractivity contribution in [2.24, 2.45) is 11.8 Å². The number of hydrogen-bond acceptors (Lipinski definition) is 3. The molecule has 4 heteroatoms. The molecule has 25 heavy (non-hydrogen) atoms. The maximum absolute atomic E-state index is 12.8. The molecular formula is C21H30N2O2. The minimum Gasteiger partial charge on any atom is -0.343 e. The van der Waals surface area contributed by atoms with Crippen LogP contribution in [0.3, 0.4) is 0 Å². The second kappa shape index (κ2) is 8.13. The monoisotopic (exact) mass is 342 g/mol. The van der Waals surface area contributed by atoms with Gasteiger partial charge in [-0.1, -0.05) is 23.8 Å². The molecular weight excluding hydrogens is 312 g/mol.